The molecule has 1 aromatic heterocycles. The number of ether oxygens (including phenoxy) is 1. The molecule has 9 nitrogen and oxygen atoms in total. The van der Waals surface area contributed by atoms with E-state index in [0.717, 1.165) is 0 Å². The average molecular weight is 329 g/mol. The van der Waals surface area contributed by atoms with Crippen LogP contribution in [-0.2, 0) is 9.53 Å². The molecule has 0 amide bonds. The zero-order valence-corrected chi connectivity index (χ0v) is 12.9. The molecule has 124 valence electrons. The Morgan fingerprint density at radius 3 is 2.54 bits per heavy atom. The average Bonchev–Trinajstić information content (AvgIpc) is 2.60. The number of rotatable bonds is 7. The van der Waals surface area contributed by atoms with E-state index in [1.54, 1.807) is 25.4 Å². The maximum absolute atomic E-state index is 11.7. The summed E-state index contributed by atoms with van der Waals surface area (Å²) in [5.74, 6) is -0.189. The van der Waals surface area contributed by atoms with E-state index in [-0.39, 0.29) is 24.7 Å². The number of benzene rings is 1. The highest BCUT2D eigenvalue weighted by Crippen LogP contribution is 2.14. The molecule has 0 spiro atoms. The smallest absolute Gasteiger partial charge is 0.311 e. The fraction of sp³-hybridized carbons (Fsp3) is 0.200. The number of nitrogens with zero attached hydrogens (tertiary/aromatic N) is 4. The summed E-state index contributed by atoms with van der Waals surface area (Å²) in [4.78, 5) is 29.9. The van der Waals surface area contributed by atoms with Gasteiger partial charge in [0.05, 0.1) is 23.7 Å². The van der Waals surface area contributed by atoms with Gasteiger partial charge in [0.2, 0.25) is 5.95 Å². The predicted octanol–water partition coefficient (Wildman–Crippen LogP) is 2.15. The molecule has 2 rings (SSSR count). The van der Waals surface area contributed by atoms with E-state index in [1.807, 2.05) is 0 Å². The van der Waals surface area contributed by atoms with Crippen molar-refractivity contribution in [3.05, 3.63) is 58.4 Å². The molecule has 0 unspecified atom stereocenters. The fourth-order valence-corrected chi connectivity index (χ4v) is 1.80. The first-order valence-electron chi connectivity index (χ1n) is 7.10. The van der Waals surface area contributed by atoms with Crippen molar-refractivity contribution in [2.45, 2.75) is 13.3 Å². The molecule has 0 aliphatic heterocycles. The highest BCUT2D eigenvalue weighted by Gasteiger charge is 2.13. The monoisotopic (exact) mass is 329 g/mol. The zero-order valence-electron chi connectivity index (χ0n) is 12.9. The minimum atomic E-state index is -0.498. The number of hydrogen-bond donors (Lipinski definition) is 1. The Bertz CT molecular complexity index is 731. The molecule has 0 radical (unpaired) electrons. The molecular weight excluding hydrogens is 314 g/mol. The summed E-state index contributed by atoms with van der Waals surface area (Å²) < 4.78 is 4.92. The van der Waals surface area contributed by atoms with Crippen molar-refractivity contribution >= 4 is 23.3 Å². The summed E-state index contributed by atoms with van der Waals surface area (Å²) in [6.45, 7) is 1.96. The van der Waals surface area contributed by atoms with Gasteiger partial charge < -0.3 is 4.74 Å². The Kier molecular flexibility index (Phi) is 5.89. The summed E-state index contributed by atoms with van der Waals surface area (Å²) in [7, 11) is 0. The number of non-ortho nitro benzene ring substituents is 1. The number of hydrazone groups is 1. The van der Waals surface area contributed by atoms with Crippen LogP contribution in [0.1, 0.15) is 18.9 Å². The van der Waals surface area contributed by atoms with E-state index in [4.69, 9.17) is 4.74 Å². The Morgan fingerprint density at radius 1 is 1.29 bits per heavy atom. The summed E-state index contributed by atoms with van der Waals surface area (Å²) in [6, 6.07) is 7.38. The Morgan fingerprint density at radius 2 is 1.96 bits per heavy atom. The van der Waals surface area contributed by atoms with Gasteiger partial charge in [-0.15, -0.1) is 0 Å². The molecule has 1 aromatic carbocycles. The Labute approximate surface area is 137 Å². The van der Waals surface area contributed by atoms with E-state index in [2.05, 4.69) is 20.5 Å². The minimum absolute atomic E-state index is 0.0476. The first-order valence-corrected chi connectivity index (χ1v) is 7.10. The molecule has 0 atom stereocenters. The predicted molar refractivity (Wildman–Crippen MR) is 86.5 cm³/mol. The number of carbonyl (C=O) groups excluding carboxylic acids is 1. The number of nitro groups is 1. The number of carbonyl (C=O) groups is 1. The summed E-state index contributed by atoms with van der Waals surface area (Å²) in [5.41, 5.74) is 3.51. The van der Waals surface area contributed by atoms with Crippen LogP contribution in [0.3, 0.4) is 0 Å². The third-order valence-corrected chi connectivity index (χ3v) is 2.89. The van der Waals surface area contributed by atoms with Gasteiger partial charge in [-0.05, 0) is 30.7 Å². The minimum Gasteiger partial charge on any atom is -0.466 e. The summed E-state index contributed by atoms with van der Waals surface area (Å²) in [5, 5.41) is 14.9. The van der Waals surface area contributed by atoms with Gasteiger partial charge in [0.15, 0.2) is 0 Å². The molecule has 9 heteroatoms. The molecule has 1 N–H and O–H groups in total. The van der Waals surface area contributed by atoms with Gasteiger partial charge in [-0.3, -0.25) is 14.9 Å². The third kappa shape index (κ3) is 4.83. The summed E-state index contributed by atoms with van der Waals surface area (Å²) >= 11 is 0. The van der Waals surface area contributed by atoms with Crippen LogP contribution in [-0.4, -0.2) is 33.2 Å². The van der Waals surface area contributed by atoms with E-state index in [1.165, 1.54) is 24.3 Å². The zero-order chi connectivity index (χ0) is 17.4. The third-order valence-electron chi connectivity index (χ3n) is 2.89. The van der Waals surface area contributed by atoms with E-state index in [9.17, 15) is 14.9 Å². The lowest BCUT2D eigenvalue weighted by Gasteiger charge is -2.07. The van der Waals surface area contributed by atoms with Crippen LogP contribution in [0, 0.1) is 10.1 Å². The van der Waals surface area contributed by atoms with Gasteiger partial charge in [-0.25, -0.2) is 15.4 Å². The molecule has 1 heterocycles. The first-order chi connectivity index (χ1) is 11.6. The topological polar surface area (TPSA) is 120 Å². The highest BCUT2D eigenvalue weighted by molar-refractivity contribution is 6.09. The Hall–Kier alpha value is -3.36. The second kappa shape index (κ2) is 8.32. The van der Waals surface area contributed by atoms with E-state index in [0.29, 0.717) is 11.3 Å². The molecular formula is C15H15N5O4. The van der Waals surface area contributed by atoms with Crippen LogP contribution in [0.2, 0.25) is 0 Å². The molecule has 0 saturated heterocycles. The number of hydrogen-bond acceptors (Lipinski definition) is 8. The largest absolute Gasteiger partial charge is 0.466 e. The second-order valence-electron chi connectivity index (χ2n) is 4.53. The Balaban J connectivity index is 2.24. The maximum Gasteiger partial charge on any atom is 0.311 e. The summed E-state index contributed by atoms with van der Waals surface area (Å²) in [6.07, 6.45) is 3.00. The lowest BCUT2D eigenvalue weighted by Crippen LogP contribution is -2.14. The highest BCUT2D eigenvalue weighted by atomic mass is 16.6. The van der Waals surface area contributed by atoms with Crippen molar-refractivity contribution in [2.75, 3.05) is 12.0 Å². The SMILES string of the molecule is CCOC(=O)C/C(=N/Nc1ncccn1)c1ccc([N+](=O)[O-])cc1. The van der Waals surface area contributed by atoms with Gasteiger partial charge in [0.1, 0.15) is 0 Å². The van der Waals surface area contributed by atoms with Crippen molar-refractivity contribution in [2.24, 2.45) is 5.10 Å². The fourth-order valence-electron chi connectivity index (χ4n) is 1.80. The molecule has 0 aliphatic rings. The van der Waals surface area contributed by atoms with Crippen LogP contribution >= 0.6 is 0 Å². The van der Waals surface area contributed by atoms with Crippen molar-refractivity contribution in [3.63, 3.8) is 0 Å². The molecule has 24 heavy (non-hydrogen) atoms. The lowest BCUT2D eigenvalue weighted by molar-refractivity contribution is -0.384. The molecule has 0 saturated carbocycles. The normalized spacial score (nSPS) is 11.0. The van der Waals surface area contributed by atoms with Crippen LogP contribution < -0.4 is 5.43 Å². The number of esters is 1. The van der Waals surface area contributed by atoms with Crippen LogP contribution in [0.5, 0.6) is 0 Å². The molecule has 0 fully saturated rings. The van der Waals surface area contributed by atoms with E-state index >= 15 is 0 Å². The van der Waals surface area contributed by atoms with Crippen molar-refractivity contribution < 1.29 is 14.5 Å². The second-order valence-corrected chi connectivity index (χ2v) is 4.53. The maximum atomic E-state index is 11.7. The van der Waals surface area contributed by atoms with Gasteiger partial charge in [0.25, 0.3) is 5.69 Å². The standard InChI is InChI=1S/C15H15N5O4/c1-2-24-14(21)10-13(18-19-15-16-8-3-9-17-15)11-4-6-12(7-5-11)20(22)23/h3-9H,2,10H2,1H3,(H,16,17,19)/b18-13-. The van der Waals surface area contributed by atoms with Gasteiger partial charge in [-0.2, -0.15) is 5.10 Å². The van der Waals surface area contributed by atoms with Crippen LogP contribution in [0.4, 0.5) is 11.6 Å². The van der Waals surface area contributed by atoms with Gasteiger partial charge in [-0.1, -0.05) is 0 Å². The van der Waals surface area contributed by atoms with E-state index < -0.39 is 10.9 Å². The van der Waals surface area contributed by atoms with Crippen molar-refractivity contribution in [1.82, 2.24) is 9.97 Å². The van der Waals surface area contributed by atoms with Crippen LogP contribution in [0.15, 0.2) is 47.8 Å². The van der Waals surface area contributed by atoms with Gasteiger partial charge >= 0.3 is 5.97 Å². The van der Waals surface area contributed by atoms with Gasteiger partial charge in [0, 0.05) is 24.5 Å². The molecule has 0 bridgehead atoms. The van der Waals surface area contributed by atoms with Crippen molar-refractivity contribution in [1.29, 1.82) is 0 Å². The number of anilines is 1. The van der Waals surface area contributed by atoms with Crippen LogP contribution in [0.25, 0.3) is 0 Å². The quantitative estimate of drug-likeness (QED) is 0.357. The van der Waals surface area contributed by atoms with Crippen molar-refractivity contribution in [3.8, 4) is 0 Å². The molecule has 0 aliphatic carbocycles. The molecule has 2 aromatic rings. The number of aromatic nitrogens is 2. The number of nitrogens with one attached hydrogen (secondary N) is 1. The number of nitro benzene ring substituents is 1. The lowest BCUT2D eigenvalue weighted by atomic mass is 10.1. The first kappa shape index (κ1) is 17.0.